The molecule has 5 nitrogen and oxygen atoms in total. The molecule has 1 fully saturated rings. The third-order valence-corrected chi connectivity index (χ3v) is 4.53. The van der Waals surface area contributed by atoms with E-state index in [1.54, 1.807) is 17.5 Å². The third-order valence-electron chi connectivity index (χ3n) is 3.71. The van der Waals surface area contributed by atoms with Gasteiger partial charge < -0.3 is 4.90 Å². The summed E-state index contributed by atoms with van der Waals surface area (Å²) in [5, 5.41) is 2.97. The van der Waals surface area contributed by atoms with Crippen LogP contribution < -0.4 is 0 Å². The molecule has 1 saturated heterocycles. The van der Waals surface area contributed by atoms with E-state index in [0.29, 0.717) is 6.42 Å². The highest BCUT2D eigenvalue weighted by Crippen LogP contribution is 2.31. The van der Waals surface area contributed by atoms with Crippen LogP contribution in [0.15, 0.2) is 17.6 Å². The summed E-state index contributed by atoms with van der Waals surface area (Å²) in [6.07, 6.45) is 4.14. The van der Waals surface area contributed by atoms with Gasteiger partial charge in [-0.05, 0) is 32.8 Å². The molecule has 21 heavy (non-hydrogen) atoms. The minimum atomic E-state index is 0.0823. The topological polar surface area (TPSA) is 59.0 Å². The van der Waals surface area contributed by atoms with Crippen LogP contribution in [0.4, 0.5) is 0 Å². The number of aromatic nitrogens is 3. The number of carbonyl (C=O) groups excluding carboxylic acids is 1. The number of likely N-dealkylation sites (tertiary alicyclic amines) is 1. The fraction of sp³-hybridized carbons (Fsp3) is 0.467. The van der Waals surface area contributed by atoms with Crippen molar-refractivity contribution in [3.8, 4) is 0 Å². The van der Waals surface area contributed by atoms with E-state index in [0.717, 1.165) is 41.6 Å². The normalized spacial score (nSPS) is 18.2. The van der Waals surface area contributed by atoms with E-state index in [2.05, 4.69) is 15.0 Å². The van der Waals surface area contributed by atoms with Crippen molar-refractivity contribution in [1.29, 1.82) is 0 Å². The number of hydrogen-bond acceptors (Lipinski definition) is 5. The quantitative estimate of drug-likeness (QED) is 0.874. The van der Waals surface area contributed by atoms with Crippen molar-refractivity contribution in [2.75, 3.05) is 6.54 Å². The van der Waals surface area contributed by atoms with Crippen LogP contribution in [0.2, 0.25) is 0 Å². The Balaban J connectivity index is 1.75. The van der Waals surface area contributed by atoms with Crippen molar-refractivity contribution >= 4 is 17.2 Å². The maximum Gasteiger partial charge on any atom is 0.229 e. The summed E-state index contributed by atoms with van der Waals surface area (Å²) in [6, 6.07) is 2.00. The minimum absolute atomic E-state index is 0.0823. The van der Waals surface area contributed by atoms with Gasteiger partial charge in [0.1, 0.15) is 5.82 Å². The highest BCUT2D eigenvalue weighted by atomic mass is 32.1. The van der Waals surface area contributed by atoms with Crippen molar-refractivity contribution in [3.63, 3.8) is 0 Å². The van der Waals surface area contributed by atoms with Gasteiger partial charge in [-0.3, -0.25) is 4.79 Å². The summed E-state index contributed by atoms with van der Waals surface area (Å²) in [7, 11) is 0. The molecule has 0 spiro atoms. The van der Waals surface area contributed by atoms with Crippen LogP contribution in [0.3, 0.4) is 0 Å². The highest BCUT2D eigenvalue weighted by Gasteiger charge is 2.31. The van der Waals surface area contributed by atoms with Gasteiger partial charge in [0.15, 0.2) is 0 Å². The molecule has 1 atom stereocenters. The van der Waals surface area contributed by atoms with Gasteiger partial charge >= 0.3 is 0 Å². The third kappa shape index (κ3) is 3.10. The lowest BCUT2D eigenvalue weighted by Crippen LogP contribution is -2.32. The van der Waals surface area contributed by atoms with Gasteiger partial charge in [0.2, 0.25) is 5.91 Å². The smallest absolute Gasteiger partial charge is 0.229 e. The first-order valence-corrected chi connectivity index (χ1v) is 8.01. The SMILES string of the molecule is Cc1nccc([C@H]2CCCN2C(=O)Cc2csc(C)n2)n1. The van der Waals surface area contributed by atoms with Gasteiger partial charge in [-0.1, -0.05) is 0 Å². The monoisotopic (exact) mass is 302 g/mol. The Morgan fingerprint density at radius 3 is 3.00 bits per heavy atom. The average Bonchev–Trinajstić information content (AvgIpc) is 3.07. The summed E-state index contributed by atoms with van der Waals surface area (Å²) in [5.41, 5.74) is 1.81. The standard InChI is InChI=1S/C15H18N4OS/c1-10-16-6-5-13(17-10)14-4-3-7-19(14)15(20)8-12-9-21-11(2)18-12/h5-6,9,14H,3-4,7-8H2,1-2H3/t14-/m1/s1. The fourth-order valence-corrected chi connectivity index (χ4v) is 3.39. The van der Waals surface area contributed by atoms with E-state index in [4.69, 9.17) is 0 Å². The Bertz CT molecular complexity index is 655. The maximum absolute atomic E-state index is 12.5. The van der Waals surface area contributed by atoms with E-state index in [1.807, 2.05) is 30.2 Å². The second-order valence-electron chi connectivity index (χ2n) is 5.31. The molecule has 110 valence electrons. The Morgan fingerprint density at radius 2 is 2.29 bits per heavy atom. The van der Waals surface area contributed by atoms with Crippen LogP contribution >= 0.6 is 11.3 Å². The molecule has 1 aliphatic heterocycles. The summed E-state index contributed by atoms with van der Waals surface area (Å²) >= 11 is 1.59. The number of aryl methyl sites for hydroxylation is 2. The van der Waals surface area contributed by atoms with Gasteiger partial charge in [0.25, 0.3) is 0 Å². The van der Waals surface area contributed by atoms with Crippen LogP contribution in [0, 0.1) is 13.8 Å². The Labute approximate surface area is 128 Å². The summed E-state index contributed by atoms with van der Waals surface area (Å²) in [5.74, 6) is 0.890. The fourth-order valence-electron chi connectivity index (χ4n) is 2.78. The van der Waals surface area contributed by atoms with Crippen molar-refractivity contribution in [2.45, 2.75) is 39.2 Å². The van der Waals surface area contributed by atoms with Crippen molar-refractivity contribution in [1.82, 2.24) is 19.9 Å². The molecule has 6 heteroatoms. The molecule has 0 radical (unpaired) electrons. The first-order chi connectivity index (χ1) is 10.1. The van der Waals surface area contributed by atoms with Crippen molar-refractivity contribution in [3.05, 3.63) is 39.9 Å². The molecule has 3 heterocycles. The number of rotatable bonds is 3. The molecule has 0 bridgehead atoms. The highest BCUT2D eigenvalue weighted by molar-refractivity contribution is 7.09. The van der Waals surface area contributed by atoms with E-state index in [-0.39, 0.29) is 11.9 Å². The first-order valence-electron chi connectivity index (χ1n) is 7.13. The second kappa shape index (κ2) is 5.89. The molecule has 2 aromatic heterocycles. The van der Waals surface area contributed by atoms with Crippen LogP contribution in [0.5, 0.6) is 0 Å². The second-order valence-corrected chi connectivity index (χ2v) is 6.37. The van der Waals surface area contributed by atoms with Crippen molar-refractivity contribution in [2.24, 2.45) is 0 Å². The summed E-state index contributed by atoms with van der Waals surface area (Å²) in [6.45, 7) is 4.64. The van der Waals surface area contributed by atoms with Gasteiger partial charge in [-0.25, -0.2) is 15.0 Å². The van der Waals surface area contributed by atoms with Crippen LogP contribution in [-0.2, 0) is 11.2 Å². The predicted molar refractivity (Wildman–Crippen MR) is 81.0 cm³/mol. The van der Waals surface area contributed by atoms with E-state index >= 15 is 0 Å². The number of nitrogens with zero attached hydrogens (tertiary/aromatic N) is 4. The number of carbonyl (C=O) groups is 1. The van der Waals surface area contributed by atoms with Gasteiger partial charge in [0.05, 0.1) is 28.9 Å². The molecular formula is C15H18N4OS. The molecule has 1 amide bonds. The molecular weight excluding hydrogens is 284 g/mol. The summed E-state index contributed by atoms with van der Waals surface area (Å²) < 4.78 is 0. The number of hydrogen-bond donors (Lipinski definition) is 0. The van der Waals surface area contributed by atoms with Gasteiger partial charge in [0, 0.05) is 18.1 Å². The number of amides is 1. The lowest BCUT2D eigenvalue weighted by Gasteiger charge is -2.24. The average molecular weight is 302 g/mol. The van der Waals surface area contributed by atoms with Gasteiger partial charge in [-0.2, -0.15) is 0 Å². The Kier molecular flexibility index (Phi) is 3.96. The zero-order valence-corrected chi connectivity index (χ0v) is 13.1. The number of thiazole rings is 1. The van der Waals surface area contributed by atoms with E-state index in [9.17, 15) is 4.79 Å². The molecule has 0 unspecified atom stereocenters. The minimum Gasteiger partial charge on any atom is -0.334 e. The van der Waals surface area contributed by atoms with E-state index in [1.165, 1.54) is 0 Å². The Morgan fingerprint density at radius 1 is 1.43 bits per heavy atom. The lowest BCUT2D eigenvalue weighted by atomic mass is 10.1. The molecule has 0 saturated carbocycles. The lowest BCUT2D eigenvalue weighted by molar-refractivity contribution is -0.131. The maximum atomic E-state index is 12.5. The molecule has 1 aliphatic rings. The van der Waals surface area contributed by atoms with Crippen LogP contribution in [-0.4, -0.2) is 32.3 Å². The van der Waals surface area contributed by atoms with Crippen LogP contribution in [0.25, 0.3) is 0 Å². The zero-order chi connectivity index (χ0) is 14.8. The zero-order valence-electron chi connectivity index (χ0n) is 12.2. The largest absolute Gasteiger partial charge is 0.334 e. The molecule has 3 rings (SSSR count). The van der Waals surface area contributed by atoms with E-state index < -0.39 is 0 Å². The molecule has 0 aliphatic carbocycles. The summed E-state index contributed by atoms with van der Waals surface area (Å²) in [4.78, 5) is 27.5. The predicted octanol–water partition coefficient (Wildman–Crippen LogP) is 2.46. The van der Waals surface area contributed by atoms with Crippen LogP contribution in [0.1, 0.15) is 41.1 Å². The first kappa shape index (κ1) is 14.1. The Hall–Kier alpha value is -1.82. The van der Waals surface area contributed by atoms with Crippen molar-refractivity contribution < 1.29 is 4.79 Å². The molecule has 0 N–H and O–H groups in total. The molecule has 0 aromatic carbocycles. The molecule has 2 aromatic rings. The van der Waals surface area contributed by atoms with Gasteiger partial charge in [-0.15, -0.1) is 11.3 Å².